The summed E-state index contributed by atoms with van der Waals surface area (Å²) >= 11 is 1.89. The van der Waals surface area contributed by atoms with Crippen LogP contribution in [0.3, 0.4) is 0 Å². The molecule has 0 aliphatic heterocycles. The summed E-state index contributed by atoms with van der Waals surface area (Å²) < 4.78 is 208. The monoisotopic (exact) mass is 1730 g/mol. The number of benzene rings is 8. The number of ether oxygens (including phenoxy) is 6. The summed E-state index contributed by atoms with van der Waals surface area (Å²) in [6.45, 7) is 8.71. The van der Waals surface area contributed by atoms with Gasteiger partial charge in [0.25, 0.3) is 31.5 Å². The average molecular weight is 1740 g/mol. The third-order valence-corrected chi connectivity index (χ3v) is 22.5. The first-order chi connectivity index (χ1) is 56.7. The first-order valence-corrected chi connectivity index (χ1v) is 40.6. The molecule has 3 heterocycles. The van der Waals surface area contributed by atoms with Gasteiger partial charge >= 0.3 is 20.5 Å². The molecule has 0 amide bonds. The first kappa shape index (κ1) is 91.2. The number of hydrogen-bond acceptors (Lipinski definition) is 22. The average Bonchev–Trinajstić information content (AvgIpc) is 0.761. The topological polar surface area (TPSA) is 253 Å². The van der Waals surface area contributed by atoms with E-state index in [1.54, 1.807) is 60.7 Å². The maximum atomic E-state index is 14.5. The van der Waals surface area contributed by atoms with Crippen LogP contribution in [0.2, 0.25) is 0 Å². The molecule has 0 radical (unpaired) electrons. The van der Waals surface area contributed by atoms with Crippen LogP contribution in [0, 0.1) is 0 Å². The molecule has 2 N–H and O–H groups in total. The lowest BCUT2D eigenvalue weighted by atomic mass is 9.77. The lowest BCUT2D eigenvalue weighted by Gasteiger charge is -2.46. The Morgan fingerprint density at radius 3 is 1.25 bits per heavy atom. The highest BCUT2D eigenvalue weighted by Crippen LogP contribution is 2.61. The number of hydrogen-bond donors (Lipinski definition) is 2. The highest BCUT2D eigenvalue weighted by Gasteiger charge is 2.62. The smallest absolute Gasteiger partial charge is 0.493 e. The summed E-state index contributed by atoms with van der Waals surface area (Å²) in [5.74, 6) is -6.19. The zero-order chi connectivity index (χ0) is 85.4. The Bertz CT molecular complexity index is 5030. The standard InChI is InChI=1S/C37H32F5N2O8PS.C23H19F5N2O5S.C20H28NO2P.C2H3N3/c1-47-32-20-28(44-19-18-43-33(34(44)45)54-30-15-13-29(14-16-30)51-37(40,41)42)12-17-31(32)48-25-35(23-36(38,39)24-35)52-53(46,49-21-26-8-4-2-5-9-26)50-22-27-10-6-3-7-11-27;1-33-18-10-14(2-7-17(18)34-13-21(32)11-22(24,25)12-21)30-9-8-29-19(20(30)31)36-16-5-3-15(4-6-16)35-23(26,27)28;1-17(2)21(18(3)4)24(22-15-19-11-7-5-8-12-19)23-16-20-13-9-6-10-14-20;1-3-2-5-4-1/h2-20H,21-25H2,1H3;2-10,32H,11-13H2,1H3;5-14,17-18H,15-16H2,1-4H3;1-2H,(H,3,4,5). The molecule has 8 aromatic carbocycles. The molecule has 0 bridgehead atoms. The van der Waals surface area contributed by atoms with Crippen molar-refractivity contribution in [1.82, 2.24) is 39.0 Å². The predicted molar refractivity (Wildman–Crippen MR) is 423 cm³/mol. The van der Waals surface area contributed by atoms with Crippen molar-refractivity contribution in [2.24, 2.45) is 0 Å². The molecule has 0 unspecified atom stereocenters. The summed E-state index contributed by atoms with van der Waals surface area (Å²) in [6.07, 6.45) is -4.13. The molecule has 632 valence electrons. The highest BCUT2D eigenvalue weighted by atomic mass is 32.2. The number of phosphoric ester groups is 1. The minimum Gasteiger partial charge on any atom is -0.493 e. The normalized spacial score (nSPS) is 14.4. The number of halogens is 10. The lowest BCUT2D eigenvalue weighted by molar-refractivity contribution is -0.275. The third kappa shape index (κ3) is 28.2. The van der Waals surface area contributed by atoms with Gasteiger partial charge in [-0.25, -0.2) is 41.7 Å². The number of rotatable bonds is 33. The van der Waals surface area contributed by atoms with Gasteiger partial charge in [0.2, 0.25) is 0 Å². The van der Waals surface area contributed by atoms with Crippen LogP contribution in [0.5, 0.6) is 34.5 Å². The van der Waals surface area contributed by atoms with Crippen LogP contribution < -0.4 is 39.5 Å². The lowest BCUT2D eigenvalue weighted by Crippen LogP contribution is -2.56. The van der Waals surface area contributed by atoms with Crippen molar-refractivity contribution in [3.8, 4) is 45.9 Å². The van der Waals surface area contributed by atoms with Crippen LogP contribution >= 0.6 is 39.9 Å². The molecule has 2 aliphatic carbocycles. The fourth-order valence-corrected chi connectivity index (χ4v) is 16.5. The Morgan fingerprint density at radius 1 is 0.529 bits per heavy atom. The molecule has 0 saturated heterocycles. The van der Waals surface area contributed by atoms with Crippen LogP contribution in [0.4, 0.5) is 43.9 Å². The van der Waals surface area contributed by atoms with Gasteiger partial charge in [-0.15, -0.1) is 26.3 Å². The minimum atomic E-state index is -4.84. The Labute approximate surface area is 687 Å². The molecular weight excluding hydrogens is 1650 g/mol. The van der Waals surface area contributed by atoms with Crippen LogP contribution in [-0.2, 0) is 53.6 Å². The third-order valence-electron chi connectivity index (χ3n) is 17.1. The number of phosphoric acid groups is 1. The highest BCUT2D eigenvalue weighted by molar-refractivity contribution is 7.99. The maximum Gasteiger partial charge on any atom is 0.573 e. The molecule has 2 saturated carbocycles. The molecule has 3 aromatic heterocycles. The number of H-pyrrole nitrogens is 1. The summed E-state index contributed by atoms with van der Waals surface area (Å²) in [5, 5.41) is 16.2. The number of nitrogens with one attached hydrogen (secondary N) is 1. The molecule has 119 heavy (non-hydrogen) atoms. The molecule has 0 atom stereocenters. The second kappa shape index (κ2) is 41.7. The summed E-state index contributed by atoms with van der Waals surface area (Å²) in [7, 11) is -2.88. The zero-order valence-electron chi connectivity index (χ0n) is 64.6. The van der Waals surface area contributed by atoms with Gasteiger partial charge in [0.1, 0.15) is 48.6 Å². The quantitative estimate of drug-likeness (QED) is 0.0286. The summed E-state index contributed by atoms with van der Waals surface area (Å²) in [4.78, 5) is 39.0. The van der Waals surface area contributed by atoms with E-state index in [1.807, 2.05) is 36.4 Å². The number of aliphatic hydroxyl groups is 1. The zero-order valence-corrected chi connectivity index (χ0v) is 68.0. The Balaban J connectivity index is 0.000000196. The second-order valence-electron chi connectivity index (χ2n) is 27.2. The van der Waals surface area contributed by atoms with E-state index in [9.17, 15) is 63.2 Å². The Morgan fingerprint density at radius 2 is 0.916 bits per heavy atom. The molecule has 2 fully saturated rings. The van der Waals surface area contributed by atoms with Crippen molar-refractivity contribution in [3.63, 3.8) is 0 Å². The molecule has 2 aliphatic rings. The molecule has 11 aromatic rings. The Kier molecular flexibility index (Phi) is 31.9. The minimum absolute atomic E-state index is 0.0275. The van der Waals surface area contributed by atoms with Gasteiger partial charge < -0.3 is 42.6 Å². The first-order valence-electron chi connectivity index (χ1n) is 36.4. The van der Waals surface area contributed by atoms with E-state index in [0.29, 0.717) is 57.6 Å². The molecule has 13 rings (SSSR count). The second-order valence-corrected chi connectivity index (χ2v) is 32.3. The number of alkyl halides is 10. The Hall–Kier alpha value is -10.2. The fourth-order valence-electron chi connectivity index (χ4n) is 11.8. The summed E-state index contributed by atoms with van der Waals surface area (Å²) in [6, 6.07) is 57.8. The maximum absolute atomic E-state index is 14.5. The van der Waals surface area contributed by atoms with E-state index in [2.05, 4.69) is 91.3 Å². The van der Waals surface area contributed by atoms with Crippen LogP contribution in [-0.4, -0.2) is 119 Å². The van der Waals surface area contributed by atoms with Crippen molar-refractivity contribution >= 4 is 39.9 Å². The number of aromatic amines is 1. The fraction of sp³-hybridized carbons (Fsp3) is 0.293. The van der Waals surface area contributed by atoms with Gasteiger partial charge in [0, 0.05) is 84.5 Å². The van der Waals surface area contributed by atoms with Crippen molar-refractivity contribution in [2.75, 3.05) is 27.4 Å². The van der Waals surface area contributed by atoms with Gasteiger partial charge in [-0.05, 0) is 123 Å². The SMILES string of the molecule is CC(C)N(C(C)C)P(OCc1ccccc1)OCc1ccccc1.COc1cc(-n2ccnc(Sc3ccc(OC(F)(F)F)cc3)c2=O)ccc1OCC1(O)CC(F)(F)C1.COc1cc(-n2ccnc(Sc3ccc(OC(F)(F)F)cc3)c2=O)ccc1OCC1(OP(=O)(OCc2ccccc2)OCc2ccccc2)CC(F)(F)C1.c1nc[nH]n1. The number of aromatic nitrogens is 7. The van der Waals surface area contributed by atoms with E-state index in [0.717, 1.165) is 47.8 Å². The predicted octanol–water partition coefficient (Wildman–Crippen LogP) is 19.8. The van der Waals surface area contributed by atoms with Crippen LogP contribution in [0.25, 0.3) is 11.4 Å². The van der Waals surface area contributed by atoms with E-state index < -0.39 is 107 Å². The molecule has 37 heteroatoms. The van der Waals surface area contributed by atoms with Gasteiger partial charge in [0.15, 0.2) is 33.0 Å². The van der Waals surface area contributed by atoms with Gasteiger partial charge in [-0.3, -0.25) is 37.4 Å². The van der Waals surface area contributed by atoms with Crippen molar-refractivity contribution in [2.45, 2.75) is 148 Å². The van der Waals surface area contributed by atoms with E-state index in [1.165, 1.54) is 133 Å². The molecule has 0 spiro atoms. The van der Waals surface area contributed by atoms with Crippen molar-refractivity contribution in [1.29, 1.82) is 0 Å². The van der Waals surface area contributed by atoms with Crippen molar-refractivity contribution in [3.05, 3.63) is 287 Å². The number of methoxy groups -OCH3 is 2. The molecular formula is C82H82F10N8O15P2S2. The van der Waals surface area contributed by atoms with E-state index in [4.69, 9.17) is 41.6 Å². The van der Waals surface area contributed by atoms with Crippen LogP contribution in [0.1, 0.15) is 75.6 Å². The summed E-state index contributed by atoms with van der Waals surface area (Å²) in [5.41, 5.74) is -0.0636. The van der Waals surface area contributed by atoms with Crippen LogP contribution in [0.15, 0.2) is 273 Å². The van der Waals surface area contributed by atoms with Gasteiger partial charge in [-0.2, -0.15) is 5.10 Å². The largest absolute Gasteiger partial charge is 0.573 e. The molecule has 23 nitrogen and oxygen atoms in total. The van der Waals surface area contributed by atoms with E-state index in [-0.39, 0.29) is 52.9 Å². The number of nitrogens with zero attached hydrogens (tertiary/aromatic N) is 7. The van der Waals surface area contributed by atoms with Gasteiger partial charge in [-0.1, -0.05) is 145 Å². The van der Waals surface area contributed by atoms with Crippen molar-refractivity contribution < 1.29 is 105 Å². The van der Waals surface area contributed by atoms with E-state index >= 15 is 0 Å². The van der Waals surface area contributed by atoms with Gasteiger partial charge in [0.05, 0.1) is 52.0 Å².